The lowest BCUT2D eigenvalue weighted by Gasteiger charge is -2.41. The van der Waals surface area contributed by atoms with E-state index in [2.05, 4.69) is 5.32 Å². The second-order valence-corrected chi connectivity index (χ2v) is 7.42. The van der Waals surface area contributed by atoms with E-state index in [-0.39, 0.29) is 17.9 Å². The van der Waals surface area contributed by atoms with E-state index >= 15 is 0 Å². The Balaban J connectivity index is 1.83. The number of nitrogens with zero attached hydrogens (tertiary/aromatic N) is 1. The SMILES string of the molecule is CC(C)NC(=O)[C@H]1COC2(CCCCC2)N1C(=O)Cc1ccccc1. The van der Waals surface area contributed by atoms with Crippen LogP contribution in [0.2, 0.25) is 0 Å². The van der Waals surface area contributed by atoms with Crippen molar-refractivity contribution in [1.29, 1.82) is 0 Å². The predicted molar refractivity (Wildman–Crippen MR) is 95.8 cm³/mol. The normalized spacial score (nSPS) is 22.4. The average Bonchev–Trinajstić information content (AvgIpc) is 2.94. The van der Waals surface area contributed by atoms with Crippen molar-refractivity contribution in [1.82, 2.24) is 10.2 Å². The summed E-state index contributed by atoms with van der Waals surface area (Å²) in [5.74, 6) is -0.131. The van der Waals surface area contributed by atoms with Crippen LogP contribution in [0.4, 0.5) is 0 Å². The van der Waals surface area contributed by atoms with Crippen LogP contribution in [0.3, 0.4) is 0 Å². The standard InChI is InChI=1S/C20H28N2O3/c1-15(2)21-19(24)17-14-25-20(11-7-4-8-12-20)22(17)18(23)13-16-9-5-3-6-10-16/h3,5-6,9-10,15,17H,4,7-8,11-14H2,1-2H3,(H,21,24)/t17-/m1/s1. The van der Waals surface area contributed by atoms with E-state index < -0.39 is 11.8 Å². The zero-order valence-corrected chi connectivity index (χ0v) is 15.2. The quantitative estimate of drug-likeness (QED) is 0.913. The van der Waals surface area contributed by atoms with Gasteiger partial charge in [-0.1, -0.05) is 36.8 Å². The minimum atomic E-state index is -0.594. The molecule has 1 aromatic rings. The van der Waals surface area contributed by atoms with Gasteiger partial charge in [0, 0.05) is 6.04 Å². The van der Waals surface area contributed by atoms with Crippen LogP contribution in [0.25, 0.3) is 0 Å². The third-order valence-corrected chi connectivity index (χ3v) is 5.10. The summed E-state index contributed by atoms with van der Waals surface area (Å²) in [7, 11) is 0. The van der Waals surface area contributed by atoms with Gasteiger partial charge in [0.15, 0.2) is 0 Å². The lowest BCUT2D eigenvalue weighted by Crippen LogP contribution is -2.57. The maximum atomic E-state index is 13.2. The van der Waals surface area contributed by atoms with Gasteiger partial charge < -0.3 is 10.1 Å². The Kier molecular flexibility index (Phi) is 5.42. The Hall–Kier alpha value is -1.88. The number of rotatable bonds is 4. The maximum Gasteiger partial charge on any atom is 0.245 e. The molecule has 2 amide bonds. The van der Waals surface area contributed by atoms with Crippen LogP contribution in [0, 0.1) is 0 Å². The van der Waals surface area contributed by atoms with Gasteiger partial charge in [0.05, 0.1) is 13.0 Å². The lowest BCUT2D eigenvalue weighted by molar-refractivity contribution is -0.159. The van der Waals surface area contributed by atoms with Crippen molar-refractivity contribution in [3.05, 3.63) is 35.9 Å². The topological polar surface area (TPSA) is 58.6 Å². The van der Waals surface area contributed by atoms with Gasteiger partial charge in [-0.15, -0.1) is 0 Å². The summed E-state index contributed by atoms with van der Waals surface area (Å²) in [4.78, 5) is 27.6. The largest absolute Gasteiger partial charge is 0.353 e. The monoisotopic (exact) mass is 344 g/mol. The molecule has 25 heavy (non-hydrogen) atoms. The number of hydrogen-bond acceptors (Lipinski definition) is 3. The number of carbonyl (C=O) groups is 2. The van der Waals surface area contributed by atoms with E-state index in [1.54, 1.807) is 4.90 Å². The molecule has 0 aromatic heterocycles. The smallest absolute Gasteiger partial charge is 0.245 e. The summed E-state index contributed by atoms with van der Waals surface area (Å²) < 4.78 is 6.11. The van der Waals surface area contributed by atoms with E-state index in [9.17, 15) is 9.59 Å². The molecule has 136 valence electrons. The molecular formula is C20H28N2O3. The summed E-state index contributed by atoms with van der Waals surface area (Å²) in [6.07, 6.45) is 5.17. The van der Waals surface area contributed by atoms with Gasteiger partial charge in [0.2, 0.25) is 11.8 Å². The van der Waals surface area contributed by atoms with Crippen LogP contribution in [-0.4, -0.2) is 41.1 Å². The van der Waals surface area contributed by atoms with E-state index in [1.165, 1.54) is 0 Å². The van der Waals surface area contributed by atoms with E-state index in [4.69, 9.17) is 4.74 Å². The van der Waals surface area contributed by atoms with Gasteiger partial charge in [-0.05, 0) is 45.1 Å². The van der Waals surface area contributed by atoms with Crippen molar-refractivity contribution in [3.63, 3.8) is 0 Å². The van der Waals surface area contributed by atoms with Crippen molar-refractivity contribution in [2.24, 2.45) is 0 Å². The van der Waals surface area contributed by atoms with E-state index in [0.29, 0.717) is 13.0 Å². The van der Waals surface area contributed by atoms with E-state index in [0.717, 1.165) is 37.7 Å². The first-order chi connectivity index (χ1) is 12.0. The Labute approximate surface area is 149 Å². The first-order valence-corrected chi connectivity index (χ1v) is 9.32. The molecule has 0 radical (unpaired) electrons. The molecule has 5 nitrogen and oxygen atoms in total. The van der Waals surface area contributed by atoms with Gasteiger partial charge in [-0.25, -0.2) is 0 Å². The Morgan fingerprint density at radius 1 is 1.20 bits per heavy atom. The first kappa shape index (κ1) is 17.9. The summed E-state index contributed by atoms with van der Waals surface area (Å²) in [6, 6.07) is 9.22. The summed E-state index contributed by atoms with van der Waals surface area (Å²) >= 11 is 0. The highest BCUT2D eigenvalue weighted by Crippen LogP contribution is 2.40. The molecular weight excluding hydrogens is 316 g/mol. The Morgan fingerprint density at radius 3 is 2.52 bits per heavy atom. The van der Waals surface area contributed by atoms with Crippen LogP contribution in [0.15, 0.2) is 30.3 Å². The average molecular weight is 344 g/mol. The fourth-order valence-electron chi connectivity index (χ4n) is 3.98. The van der Waals surface area contributed by atoms with Gasteiger partial charge in [-0.2, -0.15) is 0 Å². The van der Waals surface area contributed by atoms with Crippen molar-refractivity contribution in [3.8, 4) is 0 Å². The number of benzene rings is 1. The molecule has 1 spiro atoms. The lowest BCUT2D eigenvalue weighted by atomic mass is 9.89. The third kappa shape index (κ3) is 3.87. The highest BCUT2D eigenvalue weighted by molar-refractivity contribution is 5.89. The minimum Gasteiger partial charge on any atom is -0.353 e. The highest BCUT2D eigenvalue weighted by atomic mass is 16.5. The number of hydrogen-bond donors (Lipinski definition) is 1. The maximum absolute atomic E-state index is 13.2. The summed E-state index contributed by atoms with van der Waals surface area (Å²) in [6.45, 7) is 4.15. The van der Waals surface area contributed by atoms with Gasteiger partial charge in [0.1, 0.15) is 11.8 Å². The molecule has 1 aliphatic carbocycles. The number of nitrogens with one attached hydrogen (secondary N) is 1. The first-order valence-electron chi connectivity index (χ1n) is 9.32. The Morgan fingerprint density at radius 2 is 1.88 bits per heavy atom. The molecule has 1 saturated carbocycles. The molecule has 5 heteroatoms. The fourth-order valence-corrected chi connectivity index (χ4v) is 3.98. The van der Waals surface area contributed by atoms with Crippen LogP contribution >= 0.6 is 0 Å². The zero-order chi connectivity index (χ0) is 17.9. The molecule has 1 aliphatic heterocycles. The van der Waals surface area contributed by atoms with Crippen molar-refractivity contribution in [2.75, 3.05) is 6.61 Å². The van der Waals surface area contributed by atoms with Crippen molar-refractivity contribution < 1.29 is 14.3 Å². The minimum absolute atomic E-state index is 0.0190. The zero-order valence-electron chi connectivity index (χ0n) is 15.2. The van der Waals surface area contributed by atoms with E-state index in [1.807, 2.05) is 44.2 Å². The number of amides is 2. The number of carbonyl (C=O) groups excluding carboxylic acids is 2. The van der Waals surface area contributed by atoms with Gasteiger partial charge in [-0.3, -0.25) is 14.5 Å². The van der Waals surface area contributed by atoms with Crippen LogP contribution < -0.4 is 5.32 Å². The van der Waals surface area contributed by atoms with Crippen LogP contribution in [0.1, 0.15) is 51.5 Å². The molecule has 3 rings (SSSR count). The predicted octanol–water partition coefficient (Wildman–Crippen LogP) is 2.64. The second kappa shape index (κ2) is 7.56. The molecule has 1 aromatic carbocycles. The molecule has 1 saturated heterocycles. The molecule has 1 atom stereocenters. The molecule has 1 N–H and O–H groups in total. The fraction of sp³-hybridized carbons (Fsp3) is 0.600. The summed E-state index contributed by atoms with van der Waals surface area (Å²) in [5.41, 5.74) is 0.372. The summed E-state index contributed by atoms with van der Waals surface area (Å²) in [5, 5.41) is 2.94. The van der Waals surface area contributed by atoms with Crippen LogP contribution in [-0.2, 0) is 20.7 Å². The molecule has 2 fully saturated rings. The van der Waals surface area contributed by atoms with Crippen molar-refractivity contribution >= 4 is 11.8 Å². The third-order valence-electron chi connectivity index (χ3n) is 5.10. The van der Waals surface area contributed by atoms with Crippen LogP contribution in [0.5, 0.6) is 0 Å². The second-order valence-electron chi connectivity index (χ2n) is 7.42. The molecule has 2 aliphatic rings. The van der Waals surface area contributed by atoms with Gasteiger partial charge in [0.25, 0.3) is 0 Å². The molecule has 1 heterocycles. The van der Waals surface area contributed by atoms with Crippen molar-refractivity contribution in [2.45, 2.75) is 70.2 Å². The Bertz CT molecular complexity index is 609. The van der Waals surface area contributed by atoms with Gasteiger partial charge >= 0.3 is 0 Å². The molecule has 0 unspecified atom stereocenters. The molecule has 0 bridgehead atoms. The highest BCUT2D eigenvalue weighted by Gasteiger charge is 2.52. The number of ether oxygens (including phenoxy) is 1.